The van der Waals surface area contributed by atoms with E-state index >= 15 is 0 Å². The largest absolute Gasteiger partial charge is 0.497 e. The van der Waals surface area contributed by atoms with Crippen LogP contribution in [0.4, 0.5) is 10.5 Å². The molecule has 0 radical (unpaired) electrons. The summed E-state index contributed by atoms with van der Waals surface area (Å²) in [5, 5.41) is 6.73. The van der Waals surface area contributed by atoms with E-state index < -0.39 is 0 Å². The number of piperidine rings is 1. The number of methoxy groups -OCH3 is 1. The maximum absolute atomic E-state index is 12.4. The van der Waals surface area contributed by atoms with Gasteiger partial charge in [0.15, 0.2) is 0 Å². The van der Waals surface area contributed by atoms with Gasteiger partial charge in [0.25, 0.3) is 0 Å². The molecule has 2 bridgehead atoms. The first-order valence-electron chi connectivity index (χ1n) is 9.92. The number of carbonyl (C=O) groups excluding carboxylic acids is 1. The number of carbonyl (C=O) groups is 1. The minimum atomic E-state index is -0.134. The van der Waals surface area contributed by atoms with Crippen LogP contribution in [0.3, 0.4) is 0 Å². The third-order valence-electron chi connectivity index (χ3n) is 6.06. The molecule has 0 aromatic heterocycles. The van der Waals surface area contributed by atoms with Gasteiger partial charge in [0.05, 0.1) is 19.2 Å². The van der Waals surface area contributed by atoms with Gasteiger partial charge in [-0.1, -0.05) is 11.6 Å². The molecule has 28 heavy (non-hydrogen) atoms. The number of halogens is 1. The van der Waals surface area contributed by atoms with Crippen molar-refractivity contribution in [3.05, 3.63) is 59.1 Å². The fourth-order valence-electron chi connectivity index (χ4n) is 4.70. The van der Waals surface area contributed by atoms with Crippen LogP contribution < -0.4 is 20.3 Å². The molecule has 4 rings (SSSR count). The van der Waals surface area contributed by atoms with Crippen LogP contribution in [0.1, 0.15) is 31.2 Å². The van der Waals surface area contributed by atoms with E-state index in [0.717, 1.165) is 30.8 Å². The molecule has 6 heteroatoms. The highest BCUT2D eigenvalue weighted by Gasteiger charge is 2.44. The molecule has 2 amide bonds. The second kappa shape index (κ2) is 8.41. The maximum Gasteiger partial charge on any atom is 0.319 e. The van der Waals surface area contributed by atoms with E-state index in [2.05, 4.69) is 22.8 Å². The molecule has 2 unspecified atom stereocenters. The molecule has 0 aliphatic carbocycles. The number of hydrogen-bond donors (Lipinski definition) is 3. The van der Waals surface area contributed by atoms with Gasteiger partial charge in [0, 0.05) is 48.0 Å². The summed E-state index contributed by atoms with van der Waals surface area (Å²) in [5.41, 5.74) is 2.10. The fourth-order valence-corrected chi connectivity index (χ4v) is 4.83. The number of hydrogen-bond acceptors (Lipinski definition) is 2. The number of ether oxygens (including phenoxy) is 1. The van der Waals surface area contributed by atoms with E-state index in [-0.39, 0.29) is 12.1 Å². The lowest BCUT2D eigenvalue weighted by atomic mass is 9.96. The van der Waals surface area contributed by atoms with Crippen molar-refractivity contribution < 1.29 is 14.4 Å². The number of rotatable bonds is 5. The SMILES string of the molecule is COc1ccc(C[NH+]2[C@@H]3CC[C@H]2CC(NC(=O)Nc2ccc(Cl)cc2)C3)cc1. The molecule has 2 saturated heterocycles. The van der Waals surface area contributed by atoms with Crippen LogP contribution in [0.25, 0.3) is 0 Å². The number of benzene rings is 2. The molecule has 2 aliphatic rings. The normalized spacial score (nSPS) is 25.9. The smallest absolute Gasteiger partial charge is 0.319 e. The highest BCUT2D eigenvalue weighted by atomic mass is 35.5. The molecule has 0 saturated carbocycles. The summed E-state index contributed by atoms with van der Waals surface area (Å²) in [5.74, 6) is 0.899. The monoisotopic (exact) mass is 400 g/mol. The van der Waals surface area contributed by atoms with Crippen molar-refractivity contribution in [3.8, 4) is 5.75 Å². The first-order chi connectivity index (χ1) is 13.6. The van der Waals surface area contributed by atoms with Crippen LogP contribution >= 0.6 is 11.6 Å². The predicted molar refractivity (Wildman–Crippen MR) is 111 cm³/mol. The zero-order chi connectivity index (χ0) is 19.5. The Morgan fingerprint density at radius 1 is 1.07 bits per heavy atom. The molecule has 5 nitrogen and oxygen atoms in total. The second-order valence-corrected chi connectivity index (χ2v) is 8.28. The summed E-state index contributed by atoms with van der Waals surface area (Å²) in [6.07, 6.45) is 4.56. The van der Waals surface area contributed by atoms with E-state index in [1.54, 1.807) is 24.1 Å². The molecular weight excluding hydrogens is 374 g/mol. The average Bonchev–Trinajstić information content (AvgIpc) is 2.92. The Hall–Kier alpha value is -2.24. The van der Waals surface area contributed by atoms with Gasteiger partial charge < -0.3 is 20.3 Å². The van der Waals surface area contributed by atoms with Gasteiger partial charge in [-0.25, -0.2) is 4.79 Å². The van der Waals surface area contributed by atoms with Gasteiger partial charge in [-0.3, -0.25) is 0 Å². The van der Waals surface area contributed by atoms with Crippen molar-refractivity contribution in [2.24, 2.45) is 0 Å². The summed E-state index contributed by atoms with van der Waals surface area (Å²) in [6.45, 7) is 1.04. The topological polar surface area (TPSA) is 54.8 Å². The summed E-state index contributed by atoms with van der Waals surface area (Å²) < 4.78 is 5.25. The number of nitrogens with one attached hydrogen (secondary N) is 3. The molecule has 148 valence electrons. The lowest BCUT2D eigenvalue weighted by Crippen LogP contribution is -3.17. The first-order valence-corrected chi connectivity index (χ1v) is 10.3. The molecule has 0 spiro atoms. The lowest BCUT2D eigenvalue weighted by molar-refractivity contribution is -0.954. The molecule has 2 aromatic rings. The number of urea groups is 1. The van der Waals surface area contributed by atoms with Gasteiger partial charge in [-0.2, -0.15) is 0 Å². The van der Waals surface area contributed by atoms with Gasteiger partial charge in [0.1, 0.15) is 12.3 Å². The molecular formula is C22H27ClN3O2+. The van der Waals surface area contributed by atoms with E-state index in [0.29, 0.717) is 17.1 Å². The third kappa shape index (κ3) is 4.42. The van der Waals surface area contributed by atoms with E-state index in [1.165, 1.54) is 18.4 Å². The molecule has 2 heterocycles. The molecule has 4 atom stereocenters. The Bertz CT molecular complexity index is 796. The summed E-state index contributed by atoms with van der Waals surface area (Å²) in [7, 11) is 1.70. The standard InChI is InChI=1S/C22H26ClN3O2/c1-28-21-10-2-15(3-11-21)14-26-19-8-9-20(26)13-18(12-19)25-22(27)24-17-6-4-16(23)5-7-17/h2-7,10-11,18-20H,8-9,12-14H2,1H3,(H2,24,25,27)/p+1/t18?,19-,20+. The summed E-state index contributed by atoms with van der Waals surface area (Å²) in [4.78, 5) is 14.0. The Morgan fingerprint density at radius 3 is 2.32 bits per heavy atom. The van der Waals surface area contributed by atoms with Crippen LogP contribution in [-0.2, 0) is 6.54 Å². The summed E-state index contributed by atoms with van der Waals surface area (Å²) >= 11 is 5.89. The summed E-state index contributed by atoms with van der Waals surface area (Å²) in [6, 6.07) is 16.9. The zero-order valence-corrected chi connectivity index (χ0v) is 16.8. The van der Waals surface area contributed by atoms with Crippen molar-refractivity contribution in [1.82, 2.24) is 5.32 Å². The van der Waals surface area contributed by atoms with Crippen molar-refractivity contribution in [2.45, 2.75) is 50.4 Å². The molecule has 2 aliphatic heterocycles. The quantitative estimate of drug-likeness (QED) is 0.721. The second-order valence-electron chi connectivity index (χ2n) is 7.84. The zero-order valence-electron chi connectivity index (χ0n) is 16.1. The van der Waals surface area contributed by atoms with Gasteiger partial charge in [-0.05, 0) is 48.5 Å². The Kier molecular flexibility index (Phi) is 5.74. The Morgan fingerprint density at radius 2 is 1.71 bits per heavy atom. The molecule has 2 aromatic carbocycles. The highest BCUT2D eigenvalue weighted by Crippen LogP contribution is 2.24. The lowest BCUT2D eigenvalue weighted by Gasteiger charge is -2.36. The van der Waals surface area contributed by atoms with Crippen molar-refractivity contribution in [3.63, 3.8) is 0 Å². The predicted octanol–water partition coefficient (Wildman–Crippen LogP) is 3.25. The van der Waals surface area contributed by atoms with E-state index in [1.807, 2.05) is 24.3 Å². The minimum absolute atomic E-state index is 0.134. The third-order valence-corrected chi connectivity index (χ3v) is 6.31. The van der Waals surface area contributed by atoms with E-state index in [9.17, 15) is 4.79 Å². The Balaban J connectivity index is 1.31. The van der Waals surface area contributed by atoms with Crippen LogP contribution in [-0.4, -0.2) is 31.3 Å². The molecule has 2 fully saturated rings. The number of amides is 2. The van der Waals surface area contributed by atoms with Crippen molar-refractivity contribution >= 4 is 23.3 Å². The average molecular weight is 401 g/mol. The van der Waals surface area contributed by atoms with Crippen LogP contribution in [0.5, 0.6) is 5.75 Å². The fraction of sp³-hybridized carbons (Fsp3) is 0.409. The van der Waals surface area contributed by atoms with Crippen molar-refractivity contribution in [2.75, 3.05) is 12.4 Å². The maximum atomic E-state index is 12.4. The van der Waals surface area contributed by atoms with Crippen molar-refractivity contribution in [1.29, 1.82) is 0 Å². The number of fused-ring (bicyclic) bond motifs is 2. The Labute approximate surface area is 171 Å². The highest BCUT2D eigenvalue weighted by molar-refractivity contribution is 6.30. The van der Waals surface area contributed by atoms with Gasteiger partial charge in [-0.15, -0.1) is 0 Å². The number of anilines is 1. The van der Waals surface area contributed by atoms with Crippen LogP contribution in [0.2, 0.25) is 5.02 Å². The van der Waals surface area contributed by atoms with Gasteiger partial charge in [0.2, 0.25) is 0 Å². The van der Waals surface area contributed by atoms with Crippen LogP contribution in [0.15, 0.2) is 48.5 Å². The first kappa shape index (κ1) is 19.1. The van der Waals surface area contributed by atoms with Crippen LogP contribution in [0, 0.1) is 0 Å². The number of quaternary nitrogens is 1. The molecule has 3 N–H and O–H groups in total. The van der Waals surface area contributed by atoms with E-state index in [4.69, 9.17) is 16.3 Å². The van der Waals surface area contributed by atoms with Gasteiger partial charge >= 0.3 is 6.03 Å². The minimum Gasteiger partial charge on any atom is -0.497 e.